The fourth-order valence-electron chi connectivity index (χ4n) is 2.59. The third-order valence-corrected chi connectivity index (χ3v) is 6.12. The lowest BCUT2D eigenvalue weighted by Crippen LogP contribution is -2.24. The number of aromatic amines is 1. The van der Waals surface area contributed by atoms with Gasteiger partial charge in [-0.3, -0.25) is 0 Å². The van der Waals surface area contributed by atoms with Gasteiger partial charge in [0.15, 0.2) is 5.16 Å². The van der Waals surface area contributed by atoms with E-state index in [-0.39, 0.29) is 4.90 Å². The Balaban J connectivity index is 1.46. The fraction of sp³-hybridized carbons (Fsp3) is 0.0588. The predicted octanol–water partition coefficient (Wildman–Crippen LogP) is 1.40. The van der Waals surface area contributed by atoms with Gasteiger partial charge in [0.2, 0.25) is 5.96 Å². The molecule has 0 radical (unpaired) electrons. The van der Waals surface area contributed by atoms with Crippen molar-refractivity contribution in [1.29, 1.82) is 0 Å². The van der Waals surface area contributed by atoms with Crippen LogP contribution in [-0.2, 0) is 15.8 Å². The van der Waals surface area contributed by atoms with Crippen LogP contribution in [-0.4, -0.2) is 39.3 Å². The average Bonchev–Trinajstić information content (AvgIpc) is 3.32. The molecule has 148 valence electrons. The van der Waals surface area contributed by atoms with Crippen LogP contribution < -0.4 is 11.5 Å². The van der Waals surface area contributed by atoms with Crippen molar-refractivity contribution in [3.8, 4) is 5.69 Å². The van der Waals surface area contributed by atoms with Gasteiger partial charge < -0.3 is 16.5 Å². The van der Waals surface area contributed by atoms with Gasteiger partial charge in [-0.2, -0.15) is 8.42 Å². The first-order valence-electron chi connectivity index (χ1n) is 8.36. The number of rotatable bonds is 6. The smallest absolute Gasteiger partial charge is 0.285 e. The molecular formula is C17H16N8O2S2. The summed E-state index contributed by atoms with van der Waals surface area (Å²) in [6.07, 6.45) is 1.77. The zero-order valence-corrected chi connectivity index (χ0v) is 16.6. The van der Waals surface area contributed by atoms with Crippen LogP contribution in [0.5, 0.6) is 0 Å². The molecule has 12 heteroatoms. The minimum absolute atomic E-state index is 0.0181. The Bertz CT molecular complexity index is 1260. The Kier molecular flexibility index (Phi) is 4.94. The van der Waals surface area contributed by atoms with Crippen molar-refractivity contribution in [2.75, 3.05) is 0 Å². The number of thioether (sulfide) groups is 1. The van der Waals surface area contributed by atoms with E-state index in [2.05, 4.69) is 24.7 Å². The van der Waals surface area contributed by atoms with Crippen LogP contribution in [0.1, 0.15) is 5.69 Å². The molecule has 0 bridgehead atoms. The van der Waals surface area contributed by atoms with Crippen molar-refractivity contribution in [3.63, 3.8) is 0 Å². The summed E-state index contributed by atoms with van der Waals surface area (Å²) in [5.74, 6) is 0.0634. The number of nitrogens with zero attached hydrogens (tertiary/aromatic N) is 5. The quantitative estimate of drug-likeness (QED) is 0.236. The Morgan fingerprint density at radius 1 is 1.14 bits per heavy atom. The summed E-state index contributed by atoms with van der Waals surface area (Å²) >= 11 is 1.52. The molecule has 0 fully saturated rings. The molecule has 0 saturated heterocycles. The molecule has 0 amide bonds. The van der Waals surface area contributed by atoms with Gasteiger partial charge in [-0.1, -0.05) is 29.1 Å². The maximum Gasteiger partial charge on any atom is 0.285 e. The molecule has 0 atom stereocenters. The van der Waals surface area contributed by atoms with E-state index >= 15 is 0 Å². The molecule has 10 nitrogen and oxygen atoms in total. The highest BCUT2D eigenvalue weighted by atomic mass is 32.2. The average molecular weight is 429 g/mol. The van der Waals surface area contributed by atoms with Crippen LogP contribution in [0.2, 0.25) is 0 Å². The van der Waals surface area contributed by atoms with Crippen LogP contribution in [0, 0.1) is 0 Å². The second kappa shape index (κ2) is 7.56. The van der Waals surface area contributed by atoms with Gasteiger partial charge in [-0.25, -0.2) is 9.67 Å². The van der Waals surface area contributed by atoms with Crippen LogP contribution in [0.25, 0.3) is 16.7 Å². The maximum absolute atomic E-state index is 12.0. The van der Waals surface area contributed by atoms with Gasteiger partial charge in [-0.05, 0) is 36.4 Å². The molecule has 0 saturated carbocycles. The molecule has 2 aromatic carbocycles. The summed E-state index contributed by atoms with van der Waals surface area (Å²) in [7, 11) is -3.92. The van der Waals surface area contributed by atoms with Crippen molar-refractivity contribution in [3.05, 3.63) is 60.4 Å². The van der Waals surface area contributed by atoms with Gasteiger partial charge in [0.1, 0.15) is 0 Å². The van der Waals surface area contributed by atoms with Crippen molar-refractivity contribution < 1.29 is 8.42 Å². The zero-order chi connectivity index (χ0) is 20.4. The summed E-state index contributed by atoms with van der Waals surface area (Å²) in [4.78, 5) is 7.74. The normalized spacial score (nSPS) is 11.6. The molecule has 4 rings (SSSR count). The minimum Gasteiger partial charge on any atom is -0.369 e. The number of guanidine groups is 1. The molecule has 0 spiro atoms. The second-order valence-corrected chi connectivity index (χ2v) is 8.56. The largest absolute Gasteiger partial charge is 0.369 e. The topological polar surface area (TPSA) is 158 Å². The highest BCUT2D eigenvalue weighted by molar-refractivity contribution is 7.98. The number of hydrogen-bond acceptors (Lipinski definition) is 6. The van der Waals surface area contributed by atoms with E-state index in [9.17, 15) is 8.42 Å². The van der Waals surface area contributed by atoms with E-state index in [0.29, 0.717) is 11.4 Å². The number of aromatic nitrogens is 5. The lowest BCUT2D eigenvalue weighted by Gasteiger charge is -2.02. The minimum atomic E-state index is -3.92. The van der Waals surface area contributed by atoms with Gasteiger partial charge in [0.25, 0.3) is 10.0 Å². The van der Waals surface area contributed by atoms with Gasteiger partial charge >= 0.3 is 0 Å². The number of sulfonamides is 1. The molecule has 0 aliphatic heterocycles. The Morgan fingerprint density at radius 3 is 2.62 bits per heavy atom. The molecule has 5 N–H and O–H groups in total. The summed E-state index contributed by atoms with van der Waals surface area (Å²) in [6.45, 7) is 0. The van der Waals surface area contributed by atoms with Crippen molar-refractivity contribution >= 4 is 38.8 Å². The standard InChI is InChI=1S/C17H16N8O2S2/c18-16(19)23-29(26,27)13-7-5-12(6-8-13)25-9-11(22-24-25)10-28-17-20-14-3-1-2-4-15(14)21-17/h1-9H,10H2,(H,20,21)(H4,18,19,23). The second-order valence-electron chi connectivity index (χ2n) is 5.99. The van der Waals surface area contributed by atoms with E-state index in [1.807, 2.05) is 24.3 Å². The number of benzene rings is 2. The van der Waals surface area contributed by atoms with Gasteiger partial charge in [0.05, 0.1) is 33.5 Å². The summed E-state index contributed by atoms with van der Waals surface area (Å²) in [5.41, 5.74) is 13.6. The SMILES string of the molecule is NC(N)=NS(=O)(=O)c1ccc(-n2cc(CSc3nc4ccccc4[nH]3)nn2)cc1. The summed E-state index contributed by atoms with van der Waals surface area (Å²) in [6, 6.07) is 13.8. The molecule has 2 aromatic heterocycles. The molecule has 0 aliphatic rings. The Labute approximate surface area is 170 Å². The lowest BCUT2D eigenvalue weighted by molar-refractivity contribution is 0.598. The number of nitrogens with one attached hydrogen (secondary N) is 1. The number of imidazole rings is 1. The van der Waals surface area contributed by atoms with E-state index < -0.39 is 16.0 Å². The third kappa shape index (κ3) is 4.22. The van der Waals surface area contributed by atoms with Crippen LogP contribution >= 0.6 is 11.8 Å². The molecular weight excluding hydrogens is 412 g/mol. The molecule has 4 aromatic rings. The molecule has 2 heterocycles. The maximum atomic E-state index is 12.0. The zero-order valence-electron chi connectivity index (χ0n) is 14.9. The molecule has 0 unspecified atom stereocenters. The lowest BCUT2D eigenvalue weighted by atomic mass is 10.3. The first-order valence-corrected chi connectivity index (χ1v) is 10.8. The van der Waals surface area contributed by atoms with E-state index in [0.717, 1.165) is 21.9 Å². The third-order valence-electron chi connectivity index (χ3n) is 3.89. The van der Waals surface area contributed by atoms with Crippen LogP contribution in [0.3, 0.4) is 0 Å². The number of nitrogens with two attached hydrogens (primary N) is 2. The molecule has 0 aliphatic carbocycles. The Hall–Kier alpha value is -3.38. The molecule has 29 heavy (non-hydrogen) atoms. The van der Waals surface area contributed by atoms with Crippen LogP contribution in [0.15, 0.2) is 69.2 Å². The van der Waals surface area contributed by atoms with E-state index in [1.54, 1.807) is 23.0 Å². The van der Waals surface area contributed by atoms with E-state index in [4.69, 9.17) is 11.5 Å². The highest BCUT2D eigenvalue weighted by Gasteiger charge is 2.13. The van der Waals surface area contributed by atoms with Gasteiger partial charge in [0, 0.05) is 5.75 Å². The monoisotopic (exact) mass is 428 g/mol. The van der Waals surface area contributed by atoms with Crippen molar-refractivity contribution in [2.24, 2.45) is 15.9 Å². The number of para-hydroxylation sites is 2. The number of fused-ring (bicyclic) bond motifs is 1. The predicted molar refractivity (Wildman–Crippen MR) is 110 cm³/mol. The number of hydrogen-bond donors (Lipinski definition) is 3. The first kappa shape index (κ1) is 19.0. The van der Waals surface area contributed by atoms with Gasteiger partial charge in [-0.15, -0.1) is 9.50 Å². The van der Waals surface area contributed by atoms with Crippen molar-refractivity contribution in [1.82, 2.24) is 25.0 Å². The fourth-order valence-corrected chi connectivity index (χ4v) is 4.22. The first-order chi connectivity index (χ1) is 13.9. The Morgan fingerprint density at radius 2 is 1.90 bits per heavy atom. The van der Waals surface area contributed by atoms with Crippen molar-refractivity contribution in [2.45, 2.75) is 15.8 Å². The highest BCUT2D eigenvalue weighted by Crippen LogP contribution is 2.22. The van der Waals surface area contributed by atoms with E-state index in [1.165, 1.54) is 23.9 Å². The summed E-state index contributed by atoms with van der Waals surface area (Å²) in [5, 5.41) is 9.04. The number of H-pyrrole nitrogens is 1. The summed E-state index contributed by atoms with van der Waals surface area (Å²) < 4.78 is 28.8. The van der Waals surface area contributed by atoms with Crippen LogP contribution in [0.4, 0.5) is 0 Å².